The highest BCUT2D eigenvalue weighted by atomic mass is 19.4. The number of alkyl halides is 3. The van der Waals surface area contributed by atoms with Gasteiger partial charge in [0.1, 0.15) is 12.2 Å². The summed E-state index contributed by atoms with van der Waals surface area (Å²) in [5, 5.41) is 15.6. The summed E-state index contributed by atoms with van der Waals surface area (Å²) in [6, 6.07) is 5.04. The number of rotatable bonds is 4. The van der Waals surface area contributed by atoms with Gasteiger partial charge in [0.2, 0.25) is 0 Å². The van der Waals surface area contributed by atoms with Crippen LogP contribution < -0.4 is 5.32 Å². The topological polar surface area (TPSA) is 66.5 Å². The maximum Gasteiger partial charge on any atom is 0.417 e. The third kappa shape index (κ3) is 3.31. The largest absolute Gasteiger partial charge is 0.417 e. The van der Waals surface area contributed by atoms with E-state index < -0.39 is 17.3 Å². The van der Waals surface area contributed by atoms with Crippen molar-refractivity contribution in [2.75, 3.05) is 5.32 Å². The van der Waals surface area contributed by atoms with Crippen molar-refractivity contribution >= 4 is 5.69 Å². The summed E-state index contributed by atoms with van der Waals surface area (Å²) in [5.41, 5.74) is -1.08. The van der Waals surface area contributed by atoms with Crippen LogP contribution in [-0.2, 0) is 19.3 Å². The molecule has 2 rings (SSSR count). The van der Waals surface area contributed by atoms with Crippen molar-refractivity contribution in [2.24, 2.45) is 0 Å². The molecule has 1 aromatic heterocycles. The molecule has 21 heavy (non-hydrogen) atoms. The van der Waals surface area contributed by atoms with E-state index in [4.69, 9.17) is 5.26 Å². The van der Waals surface area contributed by atoms with Gasteiger partial charge in [-0.05, 0) is 25.1 Å². The van der Waals surface area contributed by atoms with Gasteiger partial charge in [0.15, 0.2) is 0 Å². The van der Waals surface area contributed by atoms with Crippen LogP contribution in [0.3, 0.4) is 0 Å². The Morgan fingerprint density at radius 1 is 1.38 bits per heavy atom. The number of hydrogen-bond donors (Lipinski definition) is 1. The van der Waals surface area contributed by atoms with Crippen molar-refractivity contribution in [3.63, 3.8) is 0 Å². The Morgan fingerprint density at radius 2 is 2.14 bits per heavy atom. The molecule has 0 aliphatic rings. The van der Waals surface area contributed by atoms with E-state index in [1.807, 2.05) is 6.92 Å². The lowest BCUT2D eigenvalue weighted by molar-refractivity contribution is -0.137. The fraction of sp³-hybridized carbons (Fsp3) is 0.308. The minimum Gasteiger partial charge on any atom is -0.378 e. The number of hydrogen-bond acceptors (Lipinski definition) is 4. The van der Waals surface area contributed by atoms with E-state index >= 15 is 0 Å². The van der Waals surface area contributed by atoms with E-state index in [9.17, 15) is 13.2 Å². The van der Waals surface area contributed by atoms with E-state index in [-0.39, 0.29) is 12.2 Å². The van der Waals surface area contributed by atoms with Crippen molar-refractivity contribution in [1.82, 2.24) is 14.8 Å². The van der Waals surface area contributed by atoms with Gasteiger partial charge in [-0.2, -0.15) is 23.5 Å². The van der Waals surface area contributed by atoms with Crippen LogP contribution in [0.5, 0.6) is 0 Å². The lowest BCUT2D eigenvalue weighted by Crippen LogP contribution is -2.11. The van der Waals surface area contributed by atoms with Gasteiger partial charge in [-0.3, -0.25) is 0 Å². The van der Waals surface area contributed by atoms with E-state index in [2.05, 4.69) is 15.4 Å². The average molecular weight is 295 g/mol. The lowest BCUT2D eigenvalue weighted by Gasteiger charge is -2.12. The van der Waals surface area contributed by atoms with Crippen LogP contribution in [0, 0.1) is 11.3 Å². The summed E-state index contributed by atoms with van der Waals surface area (Å²) in [6.45, 7) is 2.76. The van der Waals surface area contributed by atoms with Gasteiger partial charge in [-0.15, -0.1) is 0 Å². The highest BCUT2D eigenvalue weighted by Gasteiger charge is 2.33. The van der Waals surface area contributed by atoms with Crippen molar-refractivity contribution in [3.8, 4) is 6.07 Å². The Labute approximate surface area is 119 Å². The number of aromatic nitrogens is 3. The second-order valence-electron chi connectivity index (χ2n) is 4.22. The van der Waals surface area contributed by atoms with Crippen molar-refractivity contribution < 1.29 is 13.2 Å². The lowest BCUT2D eigenvalue weighted by atomic mass is 10.1. The normalized spacial score (nSPS) is 11.2. The maximum absolute atomic E-state index is 12.8. The Bertz CT molecular complexity index is 669. The zero-order valence-corrected chi connectivity index (χ0v) is 11.1. The molecule has 0 bridgehead atoms. The van der Waals surface area contributed by atoms with Crippen LogP contribution in [0.2, 0.25) is 0 Å². The first-order valence-electron chi connectivity index (χ1n) is 6.17. The molecule has 0 amide bonds. The van der Waals surface area contributed by atoms with E-state index in [0.717, 1.165) is 12.1 Å². The molecule has 1 heterocycles. The van der Waals surface area contributed by atoms with Crippen LogP contribution in [0.25, 0.3) is 0 Å². The van der Waals surface area contributed by atoms with Crippen LogP contribution in [0.15, 0.2) is 24.5 Å². The molecule has 5 nitrogen and oxygen atoms in total. The zero-order valence-electron chi connectivity index (χ0n) is 11.1. The summed E-state index contributed by atoms with van der Waals surface area (Å²) in [6.07, 6.45) is -3.17. The zero-order chi connectivity index (χ0) is 15.5. The fourth-order valence-electron chi connectivity index (χ4n) is 1.86. The van der Waals surface area contributed by atoms with Crippen LogP contribution in [0.4, 0.5) is 18.9 Å². The van der Waals surface area contributed by atoms with Gasteiger partial charge in [0.05, 0.1) is 23.7 Å². The predicted molar refractivity (Wildman–Crippen MR) is 69.2 cm³/mol. The first-order valence-corrected chi connectivity index (χ1v) is 6.17. The number of anilines is 1. The smallest absolute Gasteiger partial charge is 0.378 e. The van der Waals surface area contributed by atoms with Gasteiger partial charge in [0, 0.05) is 12.2 Å². The van der Waals surface area contributed by atoms with Gasteiger partial charge >= 0.3 is 6.18 Å². The number of nitrogens with zero attached hydrogens (tertiary/aromatic N) is 4. The minimum atomic E-state index is -4.56. The summed E-state index contributed by atoms with van der Waals surface area (Å²) in [5.74, 6) is 0.621. The molecule has 0 saturated heterocycles. The van der Waals surface area contributed by atoms with Crippen LogP contribution >= 0.6 is 0 Å². The van der Waals surface area contributed by atoms with Crippen molar-refractivity contribution in [2.45, 2.75) is 26.2 Å². The molecule has 1 aromatic carbocycles. The number of nitriles is 1. The van der Waals surface area contributed by atoms with Crippen LogP contribution in [-0.4, -0.2) is 14.8 Å². The number of benzene rings is 1. The first kappa shape index (κ1) is 14.8. The first-order chi connectivity index (χ1) is 9.95. The molecule has 0 atom stereocenters. The molecule has 0 unspecified atom stereocenters. The monoisotopic (exact) mass is 295 g/mol. The molecule has 1 N–H and O–H groups in total. The molecule has 0 aliphatic carbocycles. The van der Waals surface area contributed by atoms with E-state index in [1.165, 1.54) is 12.4 Å². The molecule has 2 aromatic rings. The SMILES string of the molecule is CCn1ncnc1CNc1ccc(C#N)c(C(F)(F)F)c1. The van der Waals surface area contributed by atoms with Crippen LogP contribution in [0.1, 0.15) is 23.9 Å². The molecule has 0 aliphatic heterocycles. The summed E-state index contributed by atoms with van der Waals surface area (Å²) >= 11 is 0. The van der Waals surface area contributed by atoms with E-state index in [1.54, 1.807) is 10.8 Å². The van der Waals surface area contributed by atoms with Gasteiger partial charge in [0.25, 0.3) is 0 Å². The average Bonchev–Trinajstić information content (AvgIpc) is 2.91. The van der Waals surface area contributed by atoms with Gasteiger partial charge in [-0.25, -0.2) is 9.67 Å². The second-order valence-corrected chi connectivity index (χ2v) is 4.22. The standard InChI is InChI=1S/C13H12F3N5/c1-2-21-12(19-8-20-21)7-18-10-4-3-9(6-17)11(5-10)13(14,15)16/h3-5,8,18H,2,7H2,1H3. The minimum absolute atomic E-state index is 0.247. The predicted octanol–water partition coefficient (Wildman–Crippen LogP) is 2.80. The highest BCUT2D eigenvalue weighted by molar-refractivity contribution is 5.53. The molecule has 0 saturated carbocycles. The maximum atomic E-state index is 12.8. The third-order valence-corrected chi connectivity index (χ3v) is 2.89. The molecule has 0 fully saturated rings. The van der Waals surface area contributed by atoms with Crippen molar-refractivity contribution in [3.05, 3.63) is 41.5 Å². The number of halogens is 3. The number of aryl methyl sites for hydroxylation is 1. The summed E-state index contributed by atoms with van der Waals surface area (Å²) in [4.78, 5) is 4.02. The molecule has 110 valence electrons. The highest BCUT2D eigenvalue weighted by Crippen LogP contribution is 2.33. The Kier molecular flexibility index (Phi) is 4.12. The molecule has 8 heteroatoms. The summed E-state index contributed by atoms with van der Waals surface area (Å²) in [7, 11) is 0. The fourth-order valence-corrected chi connectivity index (χ4v) is 1.86. The summed E-state index contributed by atoms with van der Waals surface area (Å²) < 4.78 is 40.2. The van der Waals surface area contributed by atoms with Gasteiger partial charge in [-0.1, -0.05) is 0 Å². The Morgan fingerprint density at radius 3 is 2.76 bits per heavy atom. The van der Waals surface area contributed by atoms with Gasteiger partial charge < -0.3 is 5.32 Å². The quantitative estimate of drug-likeness (QED) is 0.942. The van der Waals surface area contributed by atoms with Crippen molar-refractivity contribution in [1.29, 1.82) is 5.26 Å². The molecular formula is C13H12F3N5. The Hall–Kier alpha value is -2.56. The van der Waals surface area contributed by atoms with E-state index in [0.29, 0.717) is 12.4 Å². The molecule has 0 radical (unpaired) electrons. The second kappa shape index (κ2) is 5.83. The molecule has 0 spiro atoms. The Balaban J connectivity index is 2.20. The third-order valence-electron chi connectivity index (χ3n) is 2.89. The molecular weight excluding hydrogens is 283 g/mol. The number of nitrogens with one attached hydrogen (secondary N) is 1.